The van der Waals surface area contributed by atoms with E-state index in [-0.39, 0.29) is 0 Å². The van der Waals surface area contributed by atoms with Crippen LogP contribution in [0.25, 0.3) is 0 Å². The normalized spacial score (nSPS) is 53.2. The largest absolute Gasteiger partial charge is 0.394 e. The number of ether oxygens (including phenoxy) is 9. The summed E-state index contributed by atoms with van der Waals surface area (Å²) in [6.45, 7) is -3.55. The van der Waals surface area contributed by atoms with Gasteiger partial charge in [0, 0.05) is 0 Å². The molecule has 0 aromatic heterocycles. The van der Waals surface area contributed by atoms with Crippen molar-refractivity contribution in [2.24, 2.45) is 0 Å². The lowest BCUT2D eigenvalue weighted by molar-refractivity contribution is -0.360. The monoisotopic (exact) mass is 738 g/mol. The van der Waals surface area contributed by atoms with Crippen molar-refractivity contribution in [2.75, 3.05) is 33.0 Å². The highest BCUT2D eigenvalue weighted by molar-refractivity contribution is 4.98. The molecule has 0 aromatic carbocycles. The summed E-state index contributed by atoms with van der Waals surface area (Å²) in [6, 6.07) is 0. The standard InChI is InChI=1S/C27H46O23/c28-1-7-12(33)17(38)26(45-7)49-21-9(3-30)46-25(43-5-10-13(34)14(35)15(36)23(41)44-10)19(40)22(21)50-27-18(39)20(8(2-29)47-27)48-24-16(37)11(32)6(31)4-42-24/h6-41H,1-5H2. The second-order valence-electron chi connectivity index (χ2n) is 12.6. The van der Waals surface area contributed by atoms with Gasteiger partial charge in [-0.25, -0.2) is 0 Å². The van der Waals surface area contributed by atoms with Gasteiger partial charge in [-0.1, -0.05) is 0 Å². The zero-order valence-corrected chi connectivity index (χ0v) is 26.2. The van der Waals surface area contributed by atoms with Gasteiger partial charge in [0.2, 0.25) is 0 Å². The highest BCUT2D eigenvalue weighted by Crippen LogP contribution is 2.36. The molecular weight excluding hydrogens is 692 g/mol. The predicted octanol–water partition coefficient (Wildman–Crippen LogP) is -10.0. The maximum absolute atomic E-state index is 11.4. The van der Waals surface area contributed by atoms with Crippen molar-refractivity contribution in [3.8, 4) is 0 Å². The molecule has 0 saturated carbocycles. The van der Waals surface area contributed by atoms with Gasteiger partial charge in [-0.2, -0.15) is 0 Å². The molecule has 5 saturated heterocycles. The molecule has 23 nitrogen and oxygen atoms in total. The molecular formula is C27H46O23. The van der Waals surface area contributed by atoms with Gasteiger partial charge < -0.3 is 114 Å². The third-order valence-corrected chi connectivity index (χ3v) is 9.20. The van der Waals surface area contributed by atoms with Crippen LogP contribution >= 0.6 is 0 Å². The van der Waals surface area contributed by atoms with E-state index < -0.39 is 168 Å². The summed E-state index contributed by atoms with van der Waals surface area (Å²) in [7, 11) is 0. The lowest BCUT2D eigenvalue weighted by Gasteiger charge is -2.46. The van der Waals surface area contributed by atoms with Crippen molar-refractivity contribution in [1.82, 2.24) is 0 Å². The zero-order chi connectivity index (χ0) is 36.6. The van der Waals surface area contributed by atoms with Crippen LogP contribution < -0.4 is 0 Å². The average molecular weight is 739 g/mol. The molecule has 292 valence electrons. The van der Waals surface area contributed by atoms with Crippen molar-refractivity contribution in [1.29, 1.82) is 0 Å². The topological polar surface area (TPSA) is 366 Å². The van der Waals surface area contributed by atoms with E-state index in [0.717, 1.165) is 0 Å². The maximum atomic E-state index is 11.4. The lowest BCUT2D eigenvalue weighted by atomic mass is 9.97. The van der Waals surface area contributed by atoms with Crippen LogP contribution in [-0.2, 0) is 42.6 Å². The summed E-state index contributed by atoms with van der Waals surface area (Å²) in [5, 5.41) is 143. The van der Waals surface area contributed by atoms with Crippen LogP contribution in [0.15, 0.2) is 0 Å². The molecule has 22 atom stereocenters. The fraction of sp³-hybridized carbons (Fsp3) is 1.00. The maximum Gasteiger partial charge on any atom is 0.187 e. The Labute approximate surface area is 282 Å². The molecule has 5 aliphatic rings. The quantitative estimate of drug-likeness (QED) is 0.0883. The van der Waals surface area contributed by atoms with Crippen LogP contribution in [0.1, 0.15) is 0 Å². The first-order valence-electron chi connectivity index (χ1n) is 15.8. The Hall–Kier alpha value is -0.920. The van der Waals surface area contributed by atoms with Crippen LogP contribution in [0.2, 0.25) is 0 Å². The summed E-state index contributed by atoms with van der Waals surface area (Å²) in [4.78, 5) is 0. The molecule has 5 rings (SSSR count). The summed E-state index contributed by atoms with van der Waals surface area (Å²) < 4.78 is 49.8. The molecule has 0 aromatic rings. The Morgan fingerprint density at radius 3 is 1.56 bits per heavy atom. The summed E-state index contributed by atoms with van der Waals surface area (Å²) in [6.07, 6.45) is -36.9. The Balaban J connectivity index is 1.35. The van der Waals surface area contributed by atoms with E-state index in [9.17, 15) is 71.5 Å². The SMILES string of the molecule is OCC1OC(OC2C(CO)OC(OCC3OC(O)C(O)C(O)C3O)C(O)C2OC2OC(CO)C(OC3OCC(O)C(O)C3O)C2O)C(O)C1O. The van der Waals surface area contributed by atoms with Crippen LogP contribution in [0.5, 0.6) is 0 Å². The Kier molecular flexibility index (Phi) is 13.7. The van der Waals surface area contributed by atoms with Gasteiger partial charge in [0.05, 0.1) is 33.0 Å². The molecule has 5 fully saturated rings. The van der Waals surface area contributed by atoms with Crippen molar-refractivity contribution in [2.45, 2.75) is 135 Å². The molecule has 23 heteroatoms. The van der Waals surface area contributed by atoms with Crippen molar-refractivity contribution in [3.05, 3.63) is 0 Å². The molecule has 22 unspecified atom stereocenters. The van der Waals surface area contributed by atoms with E-state index in [1.807, 2.05) is 0 Å². The Morgan fingerprint density at radius 1 is 0.420 bits per heavy atom. The van der Waals surface area contributed by atoms with Crippen molar-refractivity contribution >= 4 is 0 Å². The minimum atomic E-state index is -1.97. The Bertz CT molecular complexity index is 1060. The summed E-state index contributed by atoms with van der Waals surface area (Å²) in [5.41, 5.74) is 0. The average Bonchev–Trinajstić information content (AvgIpc) is 3.55. The highest BCUT2D eigenvalue weighted by Gasteiger charge is 2.56. The highest BCUT2D eigenvalue weighted by atomic mass is 16.8. The number of hydrogen-bond acceptors (Lipinski definition) is 23. The summed E-state index contributed by atoms with van der Waals surface area (Å²) >= 11 is 0. The van der Waals surface area contributed by atoms with E-state index in [4.69, 9.17) is 42.6 Å². The lowest BCUT2D eigenvalue weighted by Crippen LogP contribution is -2.64. The van der Waals surface area contributed by atoms with Crippen molar-refractivity contribution < 1.29 is 114 Å². The second-order valence-corrected chi connectivity index (χ2v) is 12.6. The molecule has 50 heavy (non-hydrogen) atoms. The number of aliphatic hydroxyl groups excluding tert-OH is 14. The van der Waals surface area contributed by atoms with Gasteiger partial charge in [0.1, 0.15) is 104 Å². The minimum absolute atomic E-state index is 0.449. The van der Waals surface area contributed by atoms with Gasteiger partial charge >= 0.3 is 0 Å². The molecule has 5 heterocycles. The second kappa shape index (κ2) is 17.0. The number of rotatable bonds is 12. The molecule has 14 N–H and O–H groups in total. The first kappa shape index (κ1) is 40.3. The van der Waals surface area contributed by atoms with Gasteiger partial charge in [0.25, 0.3) is 0 Å². The fourth-order valence-electron chi connectivity index (χ4n) is 6.23. The molecule has 0 aliphatic carbocycles. The van der Waals surface area contributed by atoms with Crippen LogP contribution in [0, 0.1) is 0 Å². The zero-order valence-electron chi connectivity index (χ0n) is 26.2. The van der Waals surface area contributed by atoms with Gasteiger partial charge in [-0.05, 0) is 0 Å². The van der Waals surface area contributed by atoms with Crippen molar-refractivity contribution in [3.63, 3.8) is 0 Å². The third-order valence-electron chi connectivity index (χ3n) is 9.20. The van der Waals surface area contributed by atoms with E-state index in [2.05, 4.69) is 0 Å². The van der Waals surface area contributed by atoms with Crippen LogP contribution in [-0.4, -0.2) is 240 Å². The van der Waals surface area contributed by atoms with E-state index >= 15 is 0 Å². The van der Waals surface area contributed by atoms with Gasteiger partial charge in [-0.15, -0.1) is 0 Å². The summed E-state index contributed by atoms with van der Waals surface area (Å²) in [5.74, 6) is 0. The van der Waals surface area contributed by atoms with E-state index in [0.29, 0.717) is 0 Å². The molecule has 0 amide bonds. The van der Waals surface area contributed by atoms with Crippen LogP contribution in [0.3, 0.4) is 0 Å². The smallest absolute Gasteiger partial charge is 0.187 e. The van der Waals surface area contributed by atoms with E-state index in [1.54, 1.807) is 0 Å². The molecule has 0 radical (unpaired) electrons. The molecule has 5 aliphatic heterocycles. The minimum Gasteiger partial charge on any atom is -0.394 e. The first-order chi connectivity index (χ1) is 23.7. The van der Waals surface area contributed by atoms with E-state index in [1.165, 1.54) is 0 Å². The number of aliphatic hydroxyl groups is 14. The Morgan fingerprint density at radius 2 is 0.920 bits per heavy atom. The molecule has 0 spiro atoms. The van der Waals surface area contributed by atoms with Crippen LogP contribution in [0.4, 0.5) is 0 Å². The first-order valence-corrected chi connectivity index (χ1v) is 15.8. The molecule has 0 bridgehead atoms. The van der Waals surface area contributed by atoms with Gasteiger partial charge in [0.15, 0.2) is 31.5 Å². The number of hydrogen-bond donors (Lipinski definition) is 14. The fourth-order valence-corrected chi connectivity index (χ4v) is 6.23. The predicted molar refractivity (Wildman–Crippen MR) is 148 cm³/mol. The third kappa shape index (κ3) is 8.10. The van der Waals surface area contributed by atoms with Gasteiger partial charge in [-0.3, -0.25) is 0 Å².